The zero-order valence-electron chi connectivity index (χ0n) is 10.4. The van der Waals surface area contributed by atoms with Crippen molar-refractivity contribution in [2.45, 2.75) is 6.61 Å². The van der Waals surface area contributed by atoms with Crippen LogP contribution in [-0.2, 0) is 6.61 Å². The summed E-state index contributed by atoms with van der Waals surface area (Å²) in [5, 5.41) is 0. The SMILES string of the molecule is NCC#Cc1ccc(COc2cccc(F)c2)cc1. The van der Waals surface area contributed by atoms with Gasteiger partial charge in [0.2, 0.25) is 0 Å². The van der Waals surface area contributed by atoms with Crippen LogP contribution >= 0.6 is 0 Å². The van der Waals surface area contributed by atoms with Crippen molar-refractivity contribution < 1.29 is 9.13 Å². The molecule has 0 spiro atoms. The normalized spacial score (nSPS) is 9.58. The van der Waals surface area contributed by atoms with Crippen molar-refractivity contribution in [2.24, 2.45) is 5.73 Å². The van der Waals surface area contributed by atoms with Gasteiger partial charge in [-0.05, 0) is 29.8 Å². The molecule has 0 aliphatic heterocycles. The third-order valence-electron chi connectivity index (χ3n) is 2.49. The Hall–Kier alpha value is -2.31. The summed E-state index contributed by atoms with van der Waals surface area (Å²) in [6, 6.07) is 13.8. The Morgan fingerprint density at radius 1 is 1.11 bits per heavy atom. The zero-order valence-corrected chi connectivity index (χ0v) is 10.4. The van der Waals surface area contributed by atoms with Crippen molar-refractivity contribution >= 4 is 0 Å². The van der Waals surface area contributed by atoms with Gasteiger partial charge in [0.05, 0.1) is 6.54 Å². The molecule has 2 N–H and O–H groups in total. The molecular formula is C16H14FNO. The number of benzene rings is 2. The molecule has 0 saturated heterocycles. The number of hydrogen-bond donors (Lipinski definition) is 1. The first kappa shape index (κ1) is 13.1. The van der Waals surface area contributed by atoms with Gasteiger partial charge in [0, 0.05) is 11.6 Å². The number of halogens is 1. The smallest absolute Gasteiger partial charge is 0.126 e. The predicted octanol–water partition coefficient (Wildman–Crippen LogP) is 2.71. The Bertz CT molecular complexity index is 596. The van der Waals surface area contributed by atoms with Gasteiger partial charge in [0.15, 0.2) is 0 Å². The highest BCUT2D eigenvalue weighted by Crippen LogP contribution is 2.14. The summed E-state index contributed by atoms with van der Waals surface area (Å²) in [6.45, 7) is 0.748. The maximum absolute atomic E-state index is 13.0. The van der Waals surface area contributed by atoms with E-state index in [0.717, 1.165) is 11.1 Å². The van der Waals surface area contributed by atoms with E-state index in [0.29, 0.717) is 18.9 Å². The molecule has 0 aliphatic carbocycles. The van der Waals surface area contributed by atoms with E-state index in [4.69, 9.17) is 10.5 Å². The molecule has 3 heteroatoms. The van der Waals surface area contributed by atoms with Crippen molar-refractivity contribution in [1.29, 1.82) is 0 Å². The lowest BCUT2D eigenvalue weighted by molar-refractivity contribution is 0.304. The van der Waals surface area contributed by atoms with E-state index in [9.17, 15) is 4.39 Å². The number of nitrogens with two attached hydrogens (primary N) is 1. The molecule has 0 bridgehead atoms. The van der Waals surface area contributed by atoms with Crippen LogP contribution in [0.3, 0.4) is 0 Å². The molecule has 2 nitrogen and oxygen atoms in total. The largest absolute Gasteiger partial charge is 0.489 e. The van der Waals surface area contributed by atoms with Crippen molar-refractivity contribution in [3.8, 4) is 17.6 Å². The Morgan fingerprint density at radius 2 is 1.89 bits per heavy atom. The van der Waals surface area contributed by atoms with Gasteiger partial charge >= 0.3 is 0 Å². The van der Waals surface area contributed by atoms with Crippen LogP contribution in [-0.4, -0.2) is 6.54 Å². The van der Waals surface area contributed by atoms with Gasteiger partial charge in [-0.15, -0.1) is 0 Å². The lowest BCUT2D eigenvalue weighted by Gasteiger charge is -2.06. The second kappa shape index (κ2) is 6.58. The summed E-state index contributed by atoms with van der Waals surface area (Å²) in [6.07, 6.45) is 0. The molecule has 0 fully saturated rings. The first-order valence-electron chi connectivity index (χ1n) is 5.94. The minimum absolute atomic E-state index is 0.301. The second-order valence-corrected chi connectivity index (χ2v) is 3.95. The summed E-state index contributed by atoms with van der Waals surface area (Å²) < 4.78 is 18.5. The van der Waals surface area contributed by atoms with E-state index in [2.05, 4.69) is 11.8 Å². The highest BCUT2D eigenvalue weighted by Gasteiger charge is 1.97. The average molecular weight is 255 g/mol. The van der Waals surface area contributed by atoms with Gasteiger partial charge < -0.3 is 10.5 Å². The third-order valence-corrected chi connectivity index (χ3v) is 2.49. The van der Waals surface area contributed by atoms with Crippen molar-refractivity contribution in [1.82, 2.24) is 0 Å². The Kier molecular flexibility index (Phi) is 4.54. The molecule has 0 aromatic heterocycles. The third kappa shape index (κ3) is 4.13. The molecule has 2 aromatic rings. The first-order valence-corrected chi connectivity index (χ1v) is 5.94. The number of rotatable bonds is 3. The minimum atomic E-state index is -0.301. The monoisotopic (exact) mass is 255 g/mol. The van der Waals surface area contributed by atoms with E-state index in [1.807, 2.05) is 24.3 Å². The summed E-state index contributed by atoms with van der Waals surface area (Å²) in [5.74, 6) is 5.96. The van der Waals surface area contributed by atoms with Crippen LogP contribution in [0.1, 0.15) is 11.1 Å². The molecular weight excluding hydrogens is 241 g/mol. The molecule has 0 radical (unpaired) electrons. The molecule has 2 aromatic carbocycles. The van der Waals surface area contributed by atoms with Gasteiger partial charge in [0.1, 0.15) is 18.2 Å². The summed E-state index contributed by atoms with van der Waals surface area (Å²) in [7, 11) is 0. The maximum atomic E-state index is 13.0. The summed E-state index contributed by atoms with van der Waals surface area (Å²) >= 11 is 0. The average Bonchev–Trinajstić information content (AvgIpc) is 2.44. The highest BCUT2D eigenvalue weighted by molar-refractivity contribution is 5.36. The van der Waals surface area contributed by atoms with Gasteiger partial charge in [-0.2, -0.15) is 0 Å². The molecule has 0 atom stereocenters. The second-order valence-electron chi connectivity index (χ2n) is 3.95. The van der Waals surface area contributed by atoms with Gasteiger partial charge in [-0.3, -0.25) is 0 Å². The van der Waals surface area contributed by atoms with Crippen LogP contribution in [0.2, 0.25) is 0 Å². The number of hydrogen-bond acceptors (Lipinski definition) is 2. The fraction of sp³-hybridized carbons (Fsp3) is 0.125. The Balaban J connectivity index is 1.96. The van der Waals surface area contributed by atoms with E-state index in [-0.39, 0.29) is 5.82 Å². The molecule has 0 unspecified atom stereocenters. The van der Waals surface area contributed by atoms with E-state index >= 15 is 0 Å². The summed E-state index contributed by atoms with van der Waals surface area (Å²) in [4.78, 5) is 0. The van der Waals surface area contributed by atoms with Gasteiger partial charge in [-0.25, -0.2) is 4.39 Å². The quantitative estimate of drug-likeness (QED) is 0.856. The van der Waals surface area contributed by atoms with Gasteiger partial charge in [-0.1, -0.05) is 30.0 Å². The van der Waals surface area contributed by atoms with E-state index in [1.165, 1.54) is 12.1 Å². The standard InChI is InChI=1S/C16H14FNO/c17-15-4-1-5-16(11-15)19-12-14-8-6-13(7-9-14)3-2-10-18/h1,4-9,11H,10,12,18H2. The molecule has 2 rings (SSSR count). The molecule has 0 heterocycles. The van der Waals surface area contributed by atoms with Crippen LogP contribution in [0.4, 0.5) is 4.39 Å². The Morgan fingerprint density at radius 3 is 2.58 bits per heavy atom. The van der Waals surface area contributed by atoms with Crippen molar-refractivity contribution in [3.63, 3.8) is 0 Å². The lowest BCUT2D eigenvalue weighted by Crippen LogP contribution is -1.96. The molecule has 19 heavy (non-hydrogen) atoms. The Labute approximate surface area is 112 Å². The van der Waals surface area contributed by atoms with Crippen LogP contribution in [0.15, 0.2) is 48.5 Å². The fourth-order valence-corrected chi connectivity index (χ4v) is 1.56. The lowest BCUT2D eigenvalue weighted by atomic mass is 10.1. The zero-order chi connectivity index (χ0) is 13.5. The van der Waals surface area contributed by atoms with E-state index < -0.39 is 0 Å². The predicted molar refractivity (Wildman–Crippen MR) is 73.1 cm³/mol. The van der Waals surface area contributed by atoms with Crippen LogP contribution in [0.5, 0.6) is 5.75 Å². The molecule has 96 valence electrons. The van der Waals surface area contributed by atoms with Crippen LogP contribution in [0, 0.1) is 17.7 Å². The van der Waals surface area contributed by atoms with E-state index in [1.54, 1.807) is 12.1 Å². The molecule has 0 aliphatic rings. The topological polar surface area (TPSA) is 35.2 Å². The van der Waals surface area contributed by atoms with Crippen molar-refractivity contribution in [2.75, 3.05) is 6.54 Å². The van der Waals surface area contributed by atoms with Crippen molar-refractivity contribution in [3.05, 3.63) is 65.5 Å². The molecule has 0 saturated carbocycles. The first-order chi connectivity index (χ1) is 9.28. The van der Waals surface area contributed by atoms with Gasteiger partial charge in [0.25, 0.3) is 0 Å². The highest BCUT2D eigenvalue weighted by atomic mass is 19.1. The van der Waals surface area contributed by atoms with Crippen LogP contribution < -0.4 is 10.5 Å². The maximum Gasteiger partial charge on any atom is 0.126 e. The summed E-state index contributed by atoms with van der Waals surface area (Å²) in [5.41, 5.74) is 7.23. The van der Waals surface area contributed by atoms with Crippen LogP contribution in [0.25, 0.3) is 0 Å². The fourth-order valence-electron chi connectivity index (χ4n) is 1.56. The number of ether oxygens (including phenoxy) is 1. The molecule has 0 amide bonds. The minimum Gasteiger partial charge on any atom is -0.489 e.